The van der Waals surface area contributed by atoms with E-state index in [9.17, 15) is 4.79 Å². The third-order valence-electron chi connectivity index (χ3n) is 2.14. The van der Waals surface area contributed by atoms with Crippen LogP contribution in [0.5, 0.6) is 0 Å². The SMILES string of the molecule is CCCC(C)CSc1nc(CC(=O)O)cs1. The number of thioether (sulfide) groups is 1. The Balaban J connectivity index is 2.37. The summed E-state index contributed by atoms with van der Waals surface area (Å²) in [4.78, 5) is 14.8. The van der Waals surface area contributed by atoms with E-state index in [0.717, 1.165) is 10.1 Å². The molecule has 0 aliphatic heterocycles. The number of aliphatic carboxylic acids is 1. The topological polar surface area (TPSA) is 50.2 Å². The van der Waals surface area contributed by atoms with Gasteiger partial charge in [0, 0.05) is 11.1 Å². The second kappa shape index (κ2) is 6.91. The van der Waals surface area contributed by atoms with Gasteiger partial charge in [-0.3, -0.25) is 4.79 Å². The van der Waals surface area contributed by atoms with E-state index in [1.165, 1.54) is 12.8 Å². The smallest absolute Gasteiger partial charge is 0.309 e. The zero-order chi connectivity index (χ0) is 12.0. The van der Waals surface area contributed by atoms with E-state index >= 15 is 0 Å². The Morgan fingerprint density at radius 2 is 2.44 bits per heavy atom. The molecule has 1 N–H and O–H groups in total. The van der Waals surface area contributed by atoms with Crippen molar-refractivity contribution in [3.63, 3.8) is 0 Å². The van der Waals surface area contributed by atoms with Crippen LogP contribution in [-0.2, 0) is 11.2 Å². The van der Waals surface area contributed by atoms with Crippen LogP contribution < -0.4 is 0 Å². The van der Waals surface area contributed by atoms with Gasteiger partial charge in [-0.2, -0.15) is 0 Å². The van der Waals surface area contributed by atoms with Crippen molar-refractivity contribution in [2.24, 2.45) is 5.92 Å². The summed E-state index contributed by atoms with van der Waals surface area (Å²) < 4.78 is 0.985. The lowest BCUT2D eigenvalue weighted by Gasteiger charge is -2.06. The average molecular weight is 259 g/mol. The Labute approximate surface area is 104 Å². The van der Waals surface area contributed by atoms with Gasteiger partial charge in [0.25, 0.3) is 0 Å². The zero-order valence-corrected chi connectivity index (χ0v) is 11.2. The molecule has 0 radical (unpaired) electrons. The van der Waals surface area contributed by atoms with Gasteiger partial charge < -0.3 is 5.11 Å². The summed E-state index contributed by atoms with van der Waals surface area (Å²) in [5, 5.41) is 10.5. The highest BCUT2D eigenvalue weighted by molar-refractivity contribution is 8.01. The Morgan fingerprint density at radius 3 is 3.06 bits per heavy atom. The van der Waals surface area contributed by atoms with Crippen LogP contribution in [0.3, 0.4) is 0 Å². The van der Waals surface area contributed by atoms with Crippen molar-refractivity contribution >= 4 is 29.1 Å². The first-order valence-electron chi connectivity index (χ1n) is 5.40. The summed E-state index contributed by atoms with van der Waals surface area (Å²) in [6.45, 7) is 4.43. The fraction of sp³-hybridized carbons (Fsp3) is 0.636. The molecule has 5 heteroatoms. The van der Waals surface area contributed by atoms with Crippen molar-refractivity contribution < 1.29 is 9.90 Å². The number of carbonyl (C=O) groups is 1. The minimum Gasteiger partial charge on any atom is -0.481 e. The van der Waals surface area contributed by atoms with Crippen LogP contribution in [-0.4, -0.2) is 21.8 Å². The number of carboxylic acid groups (broad SMARTS) is 1. The van der Waals surface area contributed by atoms with Crippen molar-refractivity contribution in [1.82, 2.24) is 4.98 Å². The minimum atomic E-state index is -0.818. The molecule has 0 bridgehead atoms. The molecule has 1 atom stereocenters. The number of carboxylic acids is 1. The van der Waals surface area contributed by atoms with Gasteiger partial charge in [0.1, 0.15) is 4.34 Å². The first kappa shape index (κ1) is 13.5. The number of hydrogen-bond donors (Lipinski definition) is 1. The number of nitrogens with zero attached hydrogens (tertiary/aromatic N) is 1. The Bertz CT molecular complexity index is 338. The normalized spacial score (nSPS) is 12.6. The molecule has 0 aliphatic rings. The molecule has 3 nitrogen and oxygen atoms in total. The quantitative estimate of drug-likeness (QED) is 0.763. The lowest BCUT2D eigenvalue weighted by Crippen LogP contribution is -2.00. The van der Waals surface area contributed by atoms with Gasteiger partial charge >= 0.3 is 5.97 Å². The molecule has 1 unspecified atom stereocenters. The van der Waals surface area contributed by atoms with Gasteiger partial charge in [0.2, 0.25) is 0 Å². The Kier molecular flexibility index (Phi) is 5.84. The number of aromatic nitrogens is 1. The van der Waals surface area contributed by atoms with Crippen molar-refractivity contribution in [1.29, 1.82) is 0 Å². The van der Waals surface area contributed by atoms with E-state index in [0.29, 0.717) is 11.6 Å². The molecule has 0 spiro atoms. The zero-order valence-electron chi connectivity index (χ0n) is 9.60. The molecule has 0 fully saturated rings. The van der Waals surface area contributed by atoms with E-state index in [1.54, 1.807) is 23.1 Å². The van der Waals surface area contributed by atoms with Crippen LogP contribution in [0.1, 0.15) is 32.4 Å². The minimum absolute atomic E-state index is 0.0293. The van der Waals surface area contributed by atoms with Crippen LogP contribution in [0.15, 0.2) is 9.72 Å². The molecule has 90 valence electrons. The highest BCUT2D eigenvalue weighted by Gasteiger charge is 2.08. The molecule has 1 rings (SSSR count). The predicted molar refractivity (Wildman–Crippen MR) is 68.2 cm³/mol. The van der Waals surface area contributed by atoms with Crippen molar-refractivity contribution in [2.45, 2.75) is 37.4 Å². The lowest BCUT2D eigenvalue weighted by atomic mass is 10.1. The summed E-state index contributed by atoms with van der Waals surface area (Å²) in [5.74, 6) is 0.941. The molecular weight excluding hydrogens is 242 g/mol. The van der Waals surface area contributed by atoms with Gasteiger partial charge in [0.05, 0.1) is 12.1 Å². The van der Waals surface area contributed by atoms with Crippen molar-refractivity contribution in [2.75, 3.05) is 5.75 Å². The van der Waals surface area contributed by atoms with Gasteiger partial charge in [-0.1, -0.05) is 38.5 Å². The Hall–Kier alpha value is -0.550. The first-order valence-corrected chi connectivity index (χ1v) is 7.27. The summed E-state index contributed by atoms with van der Waals surface area (Å²) in [6, 6.07) is 0. The summed E-state index contributed by atoms with van der Waals surface area (Å²) in [6.07, 6.45) is 2.48. The summed E-state index contributed by atoms with van der Waals surface area (Å²) >= 11 is 3.27. The lowest BCUT2D eigenvalue weighted by molar-refractivity contribution is -0.136. The van der Waals surface area contributed by atoms with E-state index < -0.39 is 5.97 Å². The van der Waals surface area contributed by atoms with Gasteiger partial charge in [-0.15, -0.1) is 11.3 Å². The monoisotopic (exact) mass is 259 g/mol. The van der Waals surface area contributed by atoms with E-state index in [1.807, 2.05) is 5.38 Å². The van der Waals surface area contributed by atoms with Crippen LogP contribution in [0.2, 0.25) is 0 Å². The third-order valence-corrected chi connectivity index (χ3v) is 4.53. The molecular formula is C11H17NO2S2. The average Bonchev–Trinajstić information content (AvgIpc) is 2.62. The van der Waals surface area contributed by atoms with Gasteiger partial charge in [-0.05, 0) is 5.92 Å². The third kappa shape index (κ3) is 4.99. The molecule has 0 saturated heterocycles. The maximum Gasteiger partial charge on any atom is 0.309 e. The largest absolute Gasteiger partial charge is 0.481 e. The van der Waals surface area contributed by atoms with Crippen LogP contribution in [0, 0.1) is 5.92 Å². The molecule has 1 heterocycles. The Morgan fingerprint density at radius 1 is 1.69 bits per heavy atom. The second-order valence-electron chi connectivity index (χ2n) is 3.88. The second-order valence-corrected chi connectivity index (χ2v) is 6.01. The fourth-order valence-electron chi connectivity index (χ4n) is 1.38. The van der Waals surface area contributed by atoms with E-state index in [2.05, 4.69) is 18.8 Å². The maximum absolute atomic E-state index is 10.5. The predicted octanol–water partition coefficient (Wildman–Crippen LogP) is 3.30. The van der Waals surface area contributed by atoms with Crippen molar-refractivity contribution in [3.05, 3.63) is 11.1 Å². The molecule has 0 aliphatic carbocycles. The summed E-state index contributed by atoms with van der Waals surface area (Å²) in [7, 11) is 0. The van der Waals surface area contributed by atoms with Crippen LogP contribution >= 0.6 is 23.1 Å². The number of thiazole rings is 1. The van der Waals surface area contributed by atoms with Gasteiger partial charge in [0.15, 0.2) is 0 Å². The van der Waals surface area contributed by atoms with Crippen LogP contribution in [0.4, 0.5) is 0 Å². The molecule has 0 amide bonds. The summed E-state index contributed by atoms with van der Waals surface area (Å²) in [5.41, 5.74) is 0.670. The molecule has 1 aromatic rings. The standard InChI is InChI=1S/C11H17NO2S2/c1-3-4-8(2)6-15-11-12-9(7-16-11)5-10(13)14/h7-8H,3-6H2,1-2H3,(H,13,14). The van der Waals surface area contributed by atoms with Crippen molar-refractivity contribution in [3.8, 4) is 0 Å². The maximum atomic E-state index is 10.5. The van der Waals surface area contributed by atoms with Crippen LogP contribution in [0.25, 0.3) is 0 Å². The highest BCUT2D eigenvalue weighted by Crippen LogP contribution is 2.26. The molecule has 16 heavy (non-hydrogen) atoms. The number of hydrogen-bond acceptors (Lipinski definition) is 4. The first-order chi connectivity index (χ1) is 7.61. The molecule has 0 aromatic carbocycles. The number of rotatable bonds is 7. The van der Waals surface area contributed by atoms with E-state index in [4.69, 9.17) is 5.11 Å². The van der Waals surface area contributed by atoms with Gasteiger partial charge in [-0.25, -0.2) is 4.98 Å². The molecule has 1 aromatic heterocycles. The fourth-order valence-corrected chi connectivity index (χ4v) is 3.32. The highest BCUT2D eigenvalue weighted by atomic mass is 32.2. The van der Waals surface area contributed by atoms with E-state index in [-0.39, 0.29) is 6.42 Å². The molecule has 0 saturated carbocycles.